The molecule has 1 aromatic heterocycles. The van der Waals surface area contributed by atoms with E-state index in [9.17, 15) is 14.4 Å². The van der Waals surface area contributed by atoms with Crippen LogP contribution in [0.5, 0.6) is 0 Å². The maximum Gasteiger partial charge on any atom is 0.254 e. The van der Waals surface area contributed by atoms with Gasteiger partial charge < -0.3 is 20.5 Å². The molecule has 2 aliphatic rings. The van der Waals surface area contributed by atoms with Gasteiger partial charge in [-0.25, -0.2) is 0 Å². The van der Waals surface area contributed by atoms with E-state index in [4.69, 9.17) is 0 Å². The molecule has 1 unspecified atom stereocenters. The molecule has 5 rings (SSSR count). The third-order valence-electron chi connectivity index (χ3n) is 5.93. The number of aromatic amines is 1. The Kier molecular flexibility index (Phi) is 4.50. The molecule has 2 aromatic carbocycles. The Balaban J connectivity index is 1.25. The van der Waals surface area contributed by atoms with Crippen LogP contribution in [0.15, 0.2) is 48.5 Å². The zero-order valence-corrected chi connectivity index (χ0v) is 16.4. The maximum absolute atomic E-state index is 12.9. The molecule has 3 N–H and O–H groups in total. The molecule has 152 valence electrons. The lowest BCUT2D eigenvalue weighted by atomic mass is 10.0. The van der Waals surface area contributed by atoms with E-state index < -0.39 is 6.04 Å². The van der Waals surface area contributed by atoms with Crippen molar-refractivity contribution < 1.29 is 14.4 Å². The van der Waals surface area contributed by atoms with Crippen molar-refractivity contribution in [2.24, 2.45) is 0 Å². The van der Waals surface area contributed by atoms with Gasteiger partial charge in [-0.15, -0.1) is 0 Å². The Morgan fingerprint density at radius 3 is 2.77 bits per heavy atom. The zero-order chi connectivity index (χ0) is 20.7. The highest BCUT2D eigenvalue weighted by Crippen LogP contribution is 2.28. The molecule has 0 spiro atoms. The number of nitrogens with one attached hydrogen (secondary N) is 3. The highest BCUT2D eigenvalue weighted by atomic mass is 16.2. The number of fused-ring (bicyclic) bond motifs is 4. The van der Waals surface area contributed by atoms with Crippen molar-refractivity contribution in [3.63, 3.8) is 0 Å². The number of hydrogen-bond acceptors (Lipinski definition) is 3. The van der Waals surface area contributed by atoms with Crippen molar-refractivity contribution in [1.82, 2.24) is 15.2 Å². The number of carbonyl (C=O) groups excluding carboxylic acids is 3. The second-order valence-electron chi connectivity index (χ2n) is 7.79. The Morgan fingerprint density at radius 1 is 1.07 bits per heavy atom. The van der Waals surface area contributed by atoms with Crippen LogP contribution < -0.4 is 10.6 Å². The van der Waals surface area contributed by atoms with Crippen LogP contribution in [0.4, 0.5) is 5.69 Å². The lowest BCUT2D eigenvalue weighted by molar-refractivity contribution is -0.132. The third-order valence-corrected chi connectivity index (χ3v) is 5.93. The van der Waals surface area contributed by atoms with Gasteiger partial charge in [-0.2, -0.15) is 0 Å². The lowest BCUT2D eigenvalue weighted by Crippen LogP contribution is -2.42. The van der Waals surface area contributed by atoms with Crippen LogP contribution in [0, 0.1) is 0 Å². The third kappa shape index (κ3) is 3.22. The molecule has 3 aromatic rings. The van der Waals surface area contributed by atoms with E-state index in [-0.39, 0.29) is 30.6 Å². The number of benzene rings is 2. The summed E-state index contributed by atoms with van der Waals surface area (Å²) in [6.45, 7) is 1.21. The minimum Gasteiger partial charge on any atom is -0.358 e. The number of hydrogen-bond donors (Lipinski definition) is 3. The van der Waals surface area contributed by atoms with Gasteiger partial charge in [0.2, 0.25) is 11.8 Å². The summed E-state index contributed by atoms with van der Waals surface area (Å²) in [5.41, 5.74) is 4.38. The molecule has 0 saturated carbocycles. The van der Waals surface area contributed by atoms with Gasteiger partial charge in [0.25, 0.3) is 5.91 Å². The second-order valence-corrected chi connectivity index (χ2v) is 7.79. The summed E-state index contributed by atoms with van der Waals surface area (Å²) in [6, 6.07) is 14.3. The number of aromatic nitrogens is 1. The smallest absolute Gasteiger partial charge is 0.254 e. The summed E-state index contributed by atoms with van der Waals surface area (Å²) in [4.78, 5) is 43.1. The first-order valence-corrected chi connectivity index (χ1v) is 10.2. The number of H-pyrrole nitrogens is 1. The van der Waals surface area contributed by atoms with Gasteiger partial charge in [-0.05, 0) is 24.6 Å². The van der Waals surface area contributed by atoms with E-state index >= 15 is 0 Å². The molecular formula is C23H22N4O3. The molecular weight excluding hydrogens is 380 g/mol. The van der Waals surface area contributed by atoms with Crippen molar-refractivity contribution in [1.29, 1.82) is 0 Å². The van der Waals surface area contributed by atoms with Crippen molar-refractivity contribution in [2.45, 2.75) is 31.8 Å². The summed E-state index contributed by atoms with van der Waals surface area (Å²) in [5, 5.41) is 6.69. The molecule has 0 bridgehead atoms. The van der Waals surface area contributed by atoms with Gasteiger partial charge in [0.15, 0.2) is 0 Å². The quantitative estimate of drug-likeness (QED) is 0.629. The average Bonchev–Trinajstić information content (AvgIpc) is 3.08. The Morgan fingerprint density at radius 2 is 1.87 bits per heavy atom. The van der Waals surface area contributed by atoms with Crippen LogP contribution >= 0.6 is 0 Å². The number of para-hydroxylation sites is 2. The SMILES string of the molecule is O=C1NC(CCC(=O)N2CCc3[nH]c4ccccc4c3C2)C(=O)Nc2ccccc21. The summed E-state index contributed by atoms with van der Waals surface area (Å²) in [6.07, 6.45) is 1.25. The summed E-state index contributed by atoms with van der Waals surface area (Å²) < 4.78 is 0. The number of nitrogens with zero attached hydrogens (tertiary/aromatic N) is 1. The Hall–Kier alpha value is -3.61. The fraction of sp³-hybridized carbons (Fsp3) is 0.261. The van der Waals surface area contributed by atoms with E-state index in [0.29, 0.717) is 24.3 Å². The predicted octanol–water partition coefficient (Wildman–Crippen LogP) is 2.58. The highest BCUT2D eigenvalue weighted by Gasteiger charge is 2.29. The normalized spacial score (nSPS) is 18.3. The molecule has 0 radical (unpaired) electrons. The molecule has 0 saturated heterocycles. The number of rotatable bonds is 3. The fourth-order valence-electron chi connectivity index (χ4n) is 4.32. The first-order valence-electron chi connectivity index (χ1n) is 10.2. The maximum atomic E-state index is 12.9. The fourth-order valence-corrected chi connectivity index (χ4v) is 4.32. The van der Waals surface area contributed by atoms with Crippen LogP contribution in [-0.4, -0.2) is 40.2 Å². The van der Waals surface area contributed by atoms with Crippen molar-refractivity contribution in [3.8, 4) is 0 Å². The molecule has 0 fully saturated rings. The van der Waals surface area contributed by atoms with Gasteiger partial charge in [0.05, 0.1) is 11.3 Å². The van der Waals surface area contributed by atoms with Crippen LogP contribution in [-0.2, 0) is 22.6 Å². The lowest BCUT2D eigenvalue weighted by Gasteiger charge is -2.28. The molecule has 2 aliphatic heterocycles. The zero-order valence-electron chi connectivity index (χ0n) is 16.4. The largest absolute Gasteiger partial charge is 0.358 e. The average molecular weight is 402 g/mol. The summed E-state index contributed by atoms with van der Waals surface area (Å²) >= 11 is 0. The molecule has 3 amide bonds. The van der Waals surface area contributed by atoms with Crippen molar-refractivity contribution >= 4 is 34.3 Å². The molecule has 1 atom stereocenters. The van der Waals surface area contributed by atoms with Gasteiger partial charge in [-0.1, -0.05) is 30.3 Å². The Labute approximate surface area is 173 Å². The summed E-state index contributed by atoms with van der Waals surface area (Å²) in [5.74, 6) is -0.601. The van der Waals surface area contributed by atoms with E-state index in [1.165, 1.54) is 11.3 Å². The number of anilines is 1. The monoisotopic (exact) mass is 402 g/mol. The molecule has 0 aliphatic carbocycles. The van der Waals surface area contributed by atoms with E-state index in [1.54, 1.807) is 24.3 Å². The van der Waals surface area contributed by atoms with Gasteiger partial charge >= 0.3 is 0 Å². The number of amides is 3. The van der Waals surface area contributed by atoms with Gasteiger partial charge in [-0.3, -0.25) is 14.4 Å². The van der Waals surface area contributed by atoms with Crippen LogP contribution in [0.3, 0.4) is 0 Å². The van der Waals surface area contributed by atoms with Crippen LogP contribution in [0.1, 0.15) is 34.5 Å². The second kappa shape index (κ2) is 7.33. The predicted molar refractivity (Wildman–Crippen MR) is 113 cm³/mol. The van der Waals surface area contributed by atoms with Crippen molar-refractivity contribution in [3.05, 3.63) is 65.4 Å². The first kappa shape index (κ1) is 18.4. The van der Waals surface area contributed by atoms with E-state index in [1.807, 2.05) is 23.1 Å². The minimum atomic E-state index is -0.734. The molecule has 30 heavy (non-hydrogen) atoms. The van der Waals surface area contributed by atoms with E-state index in [0.717, 1.165) is 17.3 Å². The standard InChI is InChI=1S/C23H22N4O3/c28-21(27-12-11-19-16(13-27)14-5-1-3-7-17(14)24-19)10-9-20-23(30)25-18-8-4-2-6-15(18)22(29)26-20/h1-8,20,24H,9-13H2,(H,25,30)(H,26,29). The van der Waals surface area contributed by atoms with Gasteiger partial charge in [0, 0.05) is 48.1 Å². The molecule has 7 nitrogen and oxygen atoms in total. The minimum absolute atomic E-state index is 0.00487. The highest BCUT2D eigenvalue weighted by molar-refractivity contribution is 6.09. The Bertz CT molecular complexity index is 1170. The van der Waals surface area contributed by atoms with Crippen molar-refractivity contribution in [2.75, 3.05) is 11.9 Å². The molecule has 7 heteroatoms. The van der Waals surface area contributed by atoms with Crippen LogP contribution in [0.25, 0.3) is 10.9 Å². The molecule has 3 heterocycles. The van der Waals surface area contributed by atoms with E-state index in [2.05, 4.69) is 21.7 Å². The summed E-state index contributed by atoms with van der Waals surface area (Å²) in [7, 11) is 0. The topological polar surface area (TPSA) is 94.3 Å². The number of carbonyl (C=O) groups is 3. The first-order chi connectivity index (χ1) is 14.6. The van der Waals surface area contributed by atoms with Crippen LogP contribution in [0.2, 0.25) is 0 Å². The van der Waals surface area contributed by atoms with Gasteiger partial charge in [0.1, 0.15) is 6.04 Å².